The van der Waals surface area contributed by atoms with Crippen LogP contribution in [0.4, 0.5) is 19.0 Å². The van der Waals surface area contributed by atoms with Crippen LogP contribution in [0.5, 0.6) is 0 Å². The molecule has 0 aliphatic heterocycles. The summed E-state index contributed by atoms with van der Waals surface area (Å²) in [7, 11) is 0. The van der Waals surface area contributed by atoms with Gasteiger partial charge in [-0.25, -0.2) is 9.97 Å². The van der Waals surface area contributed by atoms with Crippen LogP contribution in [0.3, 0.4) is 0 Å². The van der Waals surface area contributed by atoms with Gasteiger partial charge >= 0.3 is 6.18 Å². The summed E-state index contributed by atoms with van der Waals surface area (Å²) in [4.78, 5) is 8.66. The zero-order valence-electron chi connectivity index (χ0n) is 18.4. The minimum absolute atomic E-state index is 0.142. The van der Waals surface area contributed by atoms with Crippen LogP contribution < -0.4 is 11.5 Å². The maximum absolute atomic E-state index is 13.0. The van der Waals surface area contributed by atoms with Gasteiger partial charge in [-0.05, 0) is 49.2 Å². The third-order valence-electron chi connectivity index (χ3n) is 5.71. The molecule has 176 valence electrons. The Hall–Kier alpha value is -3.43. The number of nitrogen functional groups attached to an aromatic ring is 1. The SMILES string of the molecule is Cc1nn(C(CN)c2ccc(C(F)(F)F)cc2)c(C)c1-c1ncnc(N)c1-c1ccc(Cl)cc1. The minimum atomic E-state index is -4.41. The Morgan fingerprint density at radius 3 is 2.21 bits per heavy atom. The molecule has 0 aliphatic rings. The number of hydrogen-bond acceptors (Lipinski definition) is 5. The summed E-state index contributed by atoms with van der Waals surface area (Å²) in [6.45, 7) is 3.85. The van der Waals surface area contributed by atoms with Crippen LogP contribution >= 0.6 is 11.6 Å². The van der Waals surface area contributed by atoms with Gasteiger partial charge in [0.15, 0.2) is 0 Å². The average Bonchev–Trinajstić information content (AvgIpc) is 3.08. The molecule has 1 unspecified atom stereocenters. The zero-order chi connectivity index (χ0) is 24.6. The van der Waals surface area contributed by atoms with E-state index in [1.807, 2.05) is 26.0 Å². The molecule has 0 aliphatic carbocycles. The molecular weight excluding hydrogens is 465 g/mol. The highest BCUT2D eigenvalue weighted by Crippen LogP contribution is 2.38. The summed E-state index contributed by atoms with van der Waals surface area (Å²) in [5.74, 6) is 0.303. The molecule has 0 saturated carbocycles. The topological polar surface area (TPSA) is 95.6 Å². The molecule has 0 radical (unpaired) electrons. The second-order valence-corrected chi connectivity index (χ2v) is 8.29. The second-order valence-electron chi connectivity index (χ2n) is 7.85. The number of nitrogens with two attached hydrogens (primary N) is 2. The Labute approximate surface area is 199 Å². The van der Waals surface area contributed by atoms with Crippen molar-refractivity contribution in [2.24, 2.45) is 5.73 Å². The van der Waals surface area contributed by atoms with Crippen LogP contribution in [0.15, 0.2) is 54.9 Å². The van der Waals surface area contributed by atoms with Gasteiger partial charge in [0.25, 0.3) is 0 Å². The van der Waals surface area contributed by atoms with Crippen molar-refractivity contribution in [3.05, 3.63) is 82.4 Å². The summed E-state index contributed by atoms with van der Waals surface area (Å²) in [6, 6.07) is 11.7. The van der Waals surface area contributed by atoms with E-state index in [0.717, 1.165) is 29.0 Å². The standard InChI is InChI=1S/C24H22ClF3N6/c1-13-20(22-21(23(30)32-12-31-22)16-5-9-18(25)10-6-16)14(2)34(33-13)19(11-29)15-3-7-17(8-4-15)24(26,27)28/h3-10,12,19H,11,29H2,1-2H3,(H2,30,31,32). The van der Waals surface area contributed by atoms with Crippen molar-refractivity contribution in [1.82, 2.24) is 19.7 Å². The van der Waals surface area contributed by atoms with Gasteiger partial charge in [0.1, 0.15) is 12.1 Å². The van der Waals surface area contributed by atoms with Gasteiger partial charge in [-0.15, -0.1) is 0 Å². The molecule has 0 spiro atoms. The smallest absolute Gasteiger partial charge is 0.383 e. The Balaban J connectivity index is 1.82. The molecule has 0 amide bonds. The Morgan fingerprint density at radius 2 is 1.62 bits per heavy atom. The molecule has 10 heteroatoms. The van der Waals surface area contributed by atoms with Crippen LogP contribution in [0.1, 0.15) is 28.6 Å². The van der Waals surface area contributed by atoms with E-state index < -0.39 is 17.8 Å². The maximum atomic E-state index is 13.0. The highest BCUT2D eigenvalue weighted by atomic mass is 35.5. The van der Waals surface area contributed by atoms with Crippen molar-refractivity contribution < 1.29 is 13.2 Å². The zero-order valence-corrected chi connectivity index (χ0v) is 19.2. The van der Waals surface area contributed by atoms with E-state index in [1.165, 1.54) is 18.5 Å². The first kappa shape index (κ1) is 23.7. The molecular formula is C24H22ClF3N6. The number of rotatable bonds is 5. The lowest BCUT2D eigenvalue weighted by Crippen LogP contribution is -2.22. The number of nitrogens with zero attached hydrogens (tertiary/aromatic N) is 4. The number of aryl methyl sites for hydroxylation is 1. The molecule has 4 N–H and O–H groups in total. The van der Waals surface area contributed by atoms with Crippen LogP contribution in [0.25, 0.3) is 22.4 Å². The summed E-state index contributed by atoms with van der Waals surface area (Å²) >= 11 is 6.04. The van der Waals surface area contributed by atoms with Crippen molar-refractivity contribution in [3.8, 4) is 22.4 Å². The van der Waals surface area contributed by atoms with E-state index in [1.54, 1.807) is 16.8 Å². The van der Waals surface area contributed by atoms with Gasteiger partial charge in [-0.2, -0.15) is 18.3 Å². The van der Waals surface area contributed by atoms with Gasteiger partial charge in [0, 0.05) is 22.8 Å². The number of hydrogen-bond donors (Lipinski definition) is 2. The summed E-state index contributed by atoms with van der Waals surface area (Å²) in [5, 5.41) is 5.26. The van der Waals surface area contributed by atoms with Crippen molar-refractivity contribution in [1.29, 1.82) is 0 Å². The molecule has 2 heterocycles. The van der Waals surface area contributed by atoms with E-state index >= 15 is 0 Å². The van der Waals surface area contributed by atoms with Crippen molar-refractivity contribution in [2.45, 2.75) is 26.1 Å². The number of anilines is 1. The van der Waals surface area contributed by atoms with Crippen LogP contribution in [0, 0.1) is 13.8 Å². The third-order valence-corrected chi connectivity index (χ3v) is 5.96. The fourth-order valence-corrected chi connectivity index (χ4v) is 4.20. The second kappa shape index (κ2) is 9.08. The lowest BCUT2D eigenvalue weighted by atomic mass is 9.98. The highest BCUT2D eigenvalue weighted by molar-refractivity contribution is 6.30. The summed E-state index contributed by atoms with van der Waals surface area (Å²) in [6.07, 6.45) is -3.02. The van der Waals surface area contributed by atoms with Gasteiger partial charge in [-0.1, -0.05) is 35.9 Å². The Morgan fingerprint density at radius 1 is 0.971 bits per heavy atom. The lowest BCUT2D eigenvalue weighted by molar-refractivity contribution is -0.137. The summed E-state index contributed by atoms with van der Waals surface area (Å²) < 4.78 is 40.7. The predicted molar refractivity (Wildman–Crippen MR) is 126 cm³/mol. The number of aromatic nitrogens is 4. The average molecular weight is 487 g/mol. The van der Waals surface area contributed by atoms with Gasteiger partial charge in [-0.3, -0.25) is 4.68 Å². The predicted octanol–water partition coefficient (Wildman–Crippen LogP) is 5.43. The van der Waals surface area contributed by atoms with Crippen LogP contribution in [-0.2, 0) is 6.18 Å². The monoisotopic (exact) mass is 486 g/mol. The lowest BCUT2D eigenvalue weighted by Gasteiger charge is -2.19. The molecule has 4 rings (SSSR count). The van der Waals surface area contributed by atoms with Crippen molar-refractivity contribution in [3.63, 3.8) is 0 Å². The largest absolute Gasteiger partial charge is 0.416 e. The minimum Gasteiger partial charge on any atom is -0.383 e. The Kier molecular flexibility index (Phi) is 6.33. The molecule has 6 nitrogen and oxygen atoms in total. The van der Waals surface area contributed by atoms with E-state index in [-0.39, 0.29) is 6.54 Å². The first-order valence-corrected chi connectivity index (χ1v) is 10.8. The molecule has 1 atom stereocenters. The van der Waals surface area contributed by atoms with E-state index in [2.05, 4.69) is 15.1 Å². The Bertz CT molecular complexity index is 1310. The molecule has 0 fully saturated rings. The molecule has 0 bridgehead atoms. The van der Waals surface area contributed by atoms with Crippen LogP contribution in [0.2, 0.25) is 5.02 Å². The van der Waals surface area contributed by atoms with E-state index in [4.69, 9.17) is 23.1 Å². The van der Waals surface area contributed by atoms with Crippen molar-refractivity contribution >= 4 is 17.4 Å². The quantitative estimate of drug-likeness (QED) is 0.392. The summed E-state index contributed by atoms with van der Waals surface area (Å²) in [5.41, 5.74) is 16.4. The van der Waals surface area contributed by atoms with E-state index in [9.17, 15) is 13.2 Å². The number of alkyl halides is 3. The normalized spacial score (nSPS) is 12.7. The molecule has 2 aromatic carbocycles. The number of halogens is 4. The molecule has 2 aromatic heterocycles. The van der Waals surface area contributed by atoms with Crippen molar-refractivity contribution in [2.75, 3.05) is 12.3 Å². The maximum Gasteiger partial charge on any atom is 0.416 e. The van der Waals surface area contributed by atoms with Gasteiger partial charge in [0.2, 0.25) is 0 Å². The fraction of sp³-hybridized carbons (Fsp3) is 0.208. The molecule has 34 heavy (non-hydrogen) atoms. The molecule has 0 saturated heterocycles. The van der Waals surface area contributed by atoms with Crippen LogP contribution in [-0.4, -0.2) is 26.3 Å². The third kappa shape index (κ3) is 4.36. The molecule has 4 aromatic rings. The van der Waals surface area contributed by atoms with E-state index in [0.29, 0.717) is 33.4 Å². The van der Waals surface area contributed by atoms with Gasteiger partial charge in [0.05, 0.1) is 28.6 Å². The number of benzene rings is 2. The first-order valence-electron chi connectivity index (χ1n) is 10.4. The fourth-order valence-electron chi connectivity index (χ4n) is 4.07. The first-order chi connectivity index (χ1) is 16.1. The van der Waals surface area contributed by atoms with Gasteiger partial charge < -0.3 is 11.5 Å². The highest BCUT2D eigenvalue weighted by Gasteiger charge is 2.31.